The molecule has 1 amide bonds. The molecule has 9 heteroatoms. The molecule has 1 saturated heterocycles. The molecule has 19 heavy (non-hydrogen) atoms. The molecule has 1 aromatic heterocycles. The highest BCUT2D eigenvalue weighted by Gasteiger charge is 2.29. The summed E-state index contributed by atoms with van der Waals surface area (Å²) in [7, 11) is -3.80. The number of anilines is 1. The number of aromatic nitrogens is 1. The molecule has 7 nitrogen and oxygen atoms in total. The zero-order chi connectivity index (χ0) is 14.2. The maximum absolute atomic E-state index is 11.9. The number of ether oxygens (including phenoxy) is 1. The Hall–Kier alpha value is -1.03. The lowest BCUT2D eigenvalue weighted by atomic mass is 10.2. The van der Waals surface area contributed by atoms with Crippen molar-refractivity contribution in [3.8, 4) is 0 Å². The van der Waals surface area contributed by atoms with Crippen LogP contribution in [0.3, 0.4) is 0 Å². The van der Waals surface area contributed by atoms with Gasteiger partial charge in [0.15, 0.2) is 9.34 Å². The summed E-state index contributed by atoms with van der Waals surface area (Å²) in [6, 6.07) is 0. The van der Waals surface area contributed by atoms with Crippen molar-refractivity contribution < 1.29 is 17.9 Å². The second-order valence-corrected chi connectivity index (χ2v) is 7.19. The first kappa shape index (κ1) is 14.4. The van der Waals surface area contributed by atoms with E-state index >= 15 is 0 Å². The quantitative estimate of drug-likeness (QED) is 0.849. The number of primary sulfonamides is 1. The minimum Gasteiger partial charge on any atom is -0.365 e. The van der Waals surface area contributed by atoms with E-state index in [1.807, 2.05) is 6.92 Å². The first-order chi connectivity index (χ1) is 8.77. The highest BCUT2D eigenvalue weighted by molar-refractivity contribution is 7.91. The molecule has 0 aliphatic carbocycles. The number of sulfonamides is 1. The van der Waals surface area contributed by atoms with E-state index in [1.54, 1.807) is 0 Å². The summed E-state index contributed by atoms with van der Waals surface area (Å²) >= 11 is 0.843. The number of rotatable bonds is 3. The number of carbonyl (C=O) groups excluding carboxylic acids is 1. The molecular formula is C10H15N3O4S2. The van der Waals surface area contributed by atoms with Crippen LogP contribution in [0, 0.1) is 6.92 Å². The molecule has 0 radical (unpaired) electrons. The normalized spacial score (nSPS) is 23.5. The van der Waals surface area contributed by atoms with Crippen molar-refractivity contribution in [2.75, 3.05) is 5.32 Å². The molecule has 2 atom stereocenters. The van der Waals surface area contributed by atoms with E-state index in [0.29, 0.717) is 6.42 Å². The van der Waals surface area contributed by atoms with E-state index in [-0.39, 0.29) is 27.0 Å². The van der Waals surface area contributed by atoms with Crippen molar-refractivity contribution in [1.29, 1.82) is 0 Å². The van der Waals surface area contributed by atoms with Gasteiger partial charge in [0.2, 0.25) is 10.0 Å². The van der Waals surface area contributed by atoms with Gasteiger partial charge in [-0.25, -0.2) is 18.5 Å². The Labute approximate surface area is 115 Å². The van der Waals surface area contributed by atoms with Gasteiger partial charge in [0.05, 0.1) is 11.8 Å². The third-order valence-corrected chi connectivity index (χ3v) is 5.39. The molecule has 2 unspecified atom stereocenters. The van der Waals surface area contributed by atoms with Crippen LogP contribution in [0.5, 0.6) is 0 Å². The van der Waals surface area contributed by atoms with Gasteiger partial charge in [0.1, 0.15) is 6.10 Å². The van der Waals surface area contributed by atoms with Gasteiger partial charge in [0.25, 0.3) is 5.91 Å². The van der Waals surface area contributed by atoms with Crippen molar-refractivity contribution in [2.24, 2.45) is 5.14 Å². The number of carbonyl (C=O) groups is 1. The topological polar surface area (TPSA) is 111 Å². The van der Waals surface area contributed by atoms with E-state index in [9.17, 15) is 13.2 Å². The molecule has 0 aromatic carbocycles. The molecule has 0 saturated carbocycles. The predicted molar refractivity (Wildman–Crippen MR) is 70.4 cm³/mol. The van der Waals surface area contributed by atoms with Crippen LogP contribution in [0.15, 0.2) is 4.21 Å². The zero-order valence-electron chi connectivity index (χ0n) is 10.5. The summed E-state index contributed by atoms with van der Waals surface area (Å²) in [5.74, 6) is -0.306. The summed E-state index contributed by atoms with van der Waals surface area (Å²) in [5.41, 5.74) is 0.281. The van der Waals surface area contributed by atoms with Crippen molar-refractivity contribution >= 4 is 32.4 Å². The lowest BCUT2D eigenvalue weighted by molar-refractivity contribution is -0.126. The van der Waals surface area contributed by atoms with Crippen LogP contribution in [0.1, 0.15) is 25.5 Å². The number of aryl methyl sites for hydroxylation is 1. The Balaban J connectivity index is 2.10. The Morgan fingerprint density at radius 3 is 2.68 bits per heavy atom. The molecule has 0 bridgehead atoms. The Kier molecular flexibility index (Phi) is 3.90. The third kappa shape index (κ3) is 3.30. The van der Waals surface area contributed by atoms with Gasteiger partial charge in [-0.2, -0.15) is 0 Å². The van der Waals surface area contributed by atoms with Crippen molar-refractivity contribution in [1.82, 2.24) is 4.98 Å². The van der Waals surface area contributed by atoms with E-state index in [2.05, 4.69) is 10.3 Å². The predicted octanol–water partition coefficient (Wildman–Crippen LogP) is 0.605. The number of nitrogens with zero attached hydrogens (tertiary/aromatic N) is 1. The van der Waals surface area contributed by atoms with Crippen LogP contribution in [0.2, 0.25) is 0 Å². The van der Waals surface area contributed by atoms with Gasteiger partial charge in [-0.1, -0.05) is 11.3 Å². The Bertz CT molecular complexity index is 596. The first-order valence-electron chi connectivity index (χ1n) is 5.74. The number of hydrogen-bond donors (Lipinski definition) is 2. The molecule has 1 aromatic rings. The van der Waals surface area contributed by atoms with E-state index in [1.165, 1.54) is 6.92 Å². The largest absolute Gasteiger partial charge is 0.365 e. The fourth-order valence-corrected chi connectivity index (χ4v) is 3.74. The Morgan fingerprint density at radius 2 is 2.21 bits per heavy atom. The van der Waals surface area contributed by atoms with Crippen LogP contribution < -0.4 is 10.5 Å². The van der Waals surface area contributed by atoms with Gasteiger partial charge in [-0.05, 0) is 26.7 Å². The second-order valence-electron chi connectivity index (χ2n) is 4.44. The Morgan fingerprint density at radius 1 is 1.53 bits per heavy atom. The standard InChI is InChI=1S/C10H15N3O4S2/c1-5-3-4-7(17-5)8(14)13-10-12-6(2)9(18-10)19(11,15)16/h5,7H,3-4H2,1-2H3,(H2,11,15,16)(H,12,13,14). The van der Waals surface area contributed by atoms with Crippen LogP contribution in [-0.2, 0) is 19.6 Å². The van der Waals surface area contributed by atoms with Gasteiger partial charge in [-0.3, -0.25) is 10.1 Å². The number of nitrogens with two attached hydrogens (primary N) is 1. The van der Waals surface area contributed by atoms with Crippen molar-refractivity contribution in [3.63, 3.8) is 0 Å². The van der Waals surface area contributed by atoms with Crippen LogP contribution in [-0.4, -0.2) is 31.5 Å². The van der Waals surface area contributed by atoms with Crippen molar-refractivity contribution in [2.45, 2.75) is 43.1 Å². The lowest BCUT2D eigenvalue weighted by Gasteiger charge is -2.09. The highest BCUT2D eigenvalue weighted by atomic mass is 32.2. The summed E-state index contributed by atoms with van der Waals surface area (Å²) < 4.78 is 27.9. The minimum absolute atomic E-state index is 0.0384. The van der Waals surface area contributed by atoms with E-state index in [4.69, 9.17) is 9.88 Å². The number of hydrogen-bond acceptors (Lipinski definition) is 6. The van der Waals surface area contributed by atoms with Gasteiger partial charge in [0, 0.05) is 0 Å². The van der Waals surface area contributed by atoms with Crippen LogP contribution in [0.4, 0.5) is 5.13 Å². The summed E-state index contributed by atoms with van der Waals surface area (Å²) in [6.45, 7) is 3.43. The zero-order valence-corrected chi connectivity index (χ0v) is 12.2. The maximum Gasteiger partial charge on any atom is 0.255 e. The van der Waals surface area contributed by atoms with Gasteiger partial charge >= 0.3 is 0 Å². The van der Waals surface area contributed by atoms with Crippen LogP contribution >= 0.6 is 11.3 Å². The highest BCUT2D eigenvalue weighted by Crippen LogP contribution is 2.27. The molecule has 2 rings (SSSR count). The molecule has 3 N–H and O–H groups in total. The number of nitrogens with one attached hydrogen (secondary N) is 1. The van der Waals surface area contributed by atoms with E-state index < -0.39 is 16.1 Å². The van der Waals surface area contributed by atoms with Gasteiger partial charge < -0.3 is 4.74 Å². The fraction of sp³-hybridized carbons (Fsp3) is 0.600. The SMILES string of the molecule is Cc1nc(NC(=O)C2CCC(C)O2)sc1S(N)(=O)=O. The average Bonchev–Trinajstić information content (AvgIpc) is 2.84. The van der Waals surface area contributed by atoms with Crippen LogP contribution in [0.25, 0.3) is 0 Å². The monoisotopic (exact) mass is 305 g/mol. The third-order valence-electron chi connectivity index (χ3n) is 2.77. The van der Waals surface area contributed by atoms with Gasteiger partial charge in [-0.15, -0.1) is 0 Å². The summed E-state index contributed by atoms with van der Waals surface area (Å²) in [6.07, 6.45) is 1.04. The average molecular weight is 305 g/mol. The summed E-state index contributed by atoms with van der Waals surface area (Å²) in [4.78, 5) is 15.9. The second kappa shape index (κ2) is 5.16. The maximum atomic E-state index is 11.9. The molecule has 1 fully saturated rings. The molecule has 1 aliphatic rings. The first-order valence-corrected chi connectivity index (χ1v) is 8.10. The lowest BCUT2D eigenvalue weighted by Crippen LogP contribution is -2.27. The molecular weight excluding hydrogens is 290 g/mol. The molecule has 2 heterocycles. The number of amides is 1. The summed E-state index contributed by atoms with van der Waals surface area (Å²) in [5, 5.41) is 7.83. The fourth-order valence-electron chi connectivity index (χ4n) is 1.88. The smallest absolute Gasteiger partial charge is 0.255 e. The molecule has 106 valence electrons. The molecule has 1 aliphatic heterocycles. The number of thiazole rings is 1. The van der Waals surface area contributed by atoms with E-state index in [0.717, 1.165) is 17.8 Å². The van der Waals surface area contributed by atoms with Crippen molar-refractivity contribution in [3.05, 3.63) is 5.69 Å². The molecule has 0 spiro atoms. The minimum atomic E-state index is -3.80.